The second-order valence-corrected chi connectivity index (χ2v) is 3.47. The zero-order chi connectivity index (χ0) is 17.3. The highest BCUT2D eigenvalue weighted by Gasteiger charge is 2.82. The van der Waals surface area contributed by atoms with E-state index in [2.05, 4.69) is 4.74 Å². The van der Waals surface area contributed by atoms with Gasteiger partial charge >= 0.3 is 29.9 Å². The van der Waals surface area contributed by atoms with Crippen molar-refractivity contribution >= 4 is 5.97 Å². The predicted molar refractivity (Wildman–Crippen MR) is 46.7 cm³/mol. The summed E-state index contributed by atoms with van der Waals surface area (Å²) in [5.41, 5.74) is 0. The minimum atomic E-state index is -7.23. The van der Waals surface area contributed by atoms with E-state index in [1.165, 1.54) is 0 Å². The third kappa shape index (κ3) is 3.40. The lowest BCUT2D eigenvalue weighted by Gasteiger charge is -2.32. The lowest BCUT2D eigenvalue weighted by Crippen LogP contribution is -2.61. The van der Waals surface area contributed by atoms with Crippen LogP contribution in [0, 0.1) is 0 Å². The molecule has 0 aliphatic heterocycles. The van der Waals surface area contributed by atoms with Crippen LogP contribution in [-0.4, -0.2) is 36.5 Å². The fraction of sp³-hybridized carbons (Fsp3) is 0.667. The number of hydrogen-bond acceptors (Lipinski definition) is 2. The van der Waals surface area contributed by atoms with E-state index in [-0.39, 0.29) is 0 Å². The third-order valence-corrected chi connectivity index (χ3v) is 1.98. The number of halogens is 10. The SMILES string of the molecule is CCOC(=O)C=C(F)C(F)(F)C(F)(F)C(F)(F)C(F)(F)F. The molecule has 0 aromatic carbocycles. The van der Waals surface area contributed by atoms with Gasteiger partial charge in [0.2, 0.25) is 0 Å². The van der Waals surface area contributed by atoms with Crippen LogP contribution >= 0.6 is 0 Å². The summed E-state index contributed by atoms with van der Waals surface area (Å²) in [5.74, 6) is -26.4. The van der Waals surface area contributed by atoms with Crippen LogP contribution in [0.3, 0.4) is 0 Å². The van der Waals surface area contributed by atoms with Gasteiger partial charge in [-0.1, -0.05) is 0 Å². The molecule has 0 heterocycles. The van der Waals surface area contributed by atoms with Gasteiger partial charge in [0.05, 0.1) is 12.7 Å². The van der Waals surface area contributed by atoms with Crippen molar-refractivity contribution < 1.29 is 53.4 Å². The number of carbonyl (C=O) groups excluding carboxylic acids is 1. The fourth-order valence-electron chi connectivity index (χ4n) is 0.903. The van der Waals surface area contributed by atoms with Gasteiger partial charge in [-0.15, -0.1) is 0 Å². The molecule has 0 unspecified atom stereocenters. The van der Waals surface area contributed by atoms with Crippen LogP contribution in [0.25, 0.3) is 0 Å². The summed E-state index contributed by atoms with van der Waals surface area (Å²) in [6.45, 7) is 0.595. The van der Waals surface area contributed by atoms with E-state index in [0.717, 1.165) is 6.92 Å². The number of alkyl halides is 9. The van der Waals surface area contributed by atoms with Crippen molar-refractivity contribution in [3.63, 3.8) is 0 Å². The minimum Gasteiger partial charge on any atom is -0.463 e. The van der Waals surface area contributed by atoms with Crippen molar-refractivity contribution in [3.05, 3.63) is 11.9 Å². The van der Waals surface area contributed by atoms with E-state index in [4.69, 9.17) is 0 Å². The van der Waals surface area contributed by atoms with Crippen LogP contribution in [0.5, 0.6) is 0 Å². The Kier molecular flexibility index (Phi) is 5.31. The smallest absolute Gasteiger partial charge is 0.460 e. The highest BCUT2D eigenvalue weighted by Crippen LogP contribution is 2.55. The zero-order valence-electron chi connectivity index (χ0n) is 9.88. The van der Waals surface area contributed by atoms with E-state index in [1.807, 2.05) is 0 Å². The van der Waals surface area contributed by atoms with Crippen molar-refractivity contribution in [2.45, 2.75) is 30.9 Å². The molecule has 0 bridgehead atoms. The molecule has 0 spiro atoms. The normalized spacial score (nSPS) is 15.1. The topological polar surface area (TPSA) is 26.3 Å². The third-order valence-electron chi connectivity index (χ3n) is 1.98. The Bertz CT molecular complexity index is 423. The lowest BCUT2D eigenvalue weighted by atomic mass is 10.0. The summed E-state index contributed by atoms with van der Waals surface area (Å²) < 4.78 is 128. The number of hydrogen-bond donors (Lipinski definition) is 0. The highest BCUT2D eigenvalue weighted by molar-refractivity contribution is 5.82. The van der Waals surface area contributed by atoms with E-state index >= 15 is 0 Å². The minimum absolute atomic E-state index is 0.511. The number of allylic oxidation sites excluding steroid dienone is 1. The molecule has 0 saturated heterocycles. The van der Waals surface area contributed by atoms with Gasteiger partial charge in [0, 0.05) is 0 Å². The molecule has 0 N–H and O–H groups in total. The second kappa shape index (κ2) is 5.72. The van der Waals surface area contributed by atoms with E-state index in [0.29, 0.717) is 0 Å². The van der Waals surface area contributed by atoms with Crippen molar-refractivity contribution in [1.82, 2.24) is 0 Å². The van der Waals surface area contributed by atoms with Gasteiger partial charge in [-0.05, 0) is 6.92 Å². The number of ether oxygens (including phenoxy) is 1. The molecular formula is C9H6F10O2. The number of rotatable bonds is 5. The van der Waals surface area contributed by atoms with E-state index < -0.39 is 48.4 Å². The van der Waals surface area contributed by atoms with Gasteiger partial charge in [-0.25, -0.2) is 9.18 Å². The largest absolute Gasteiger partial charge is 0.463 e. The van der Waals surface area contributed by atoms with Gasteiger partial charge in [-0.2, -0.15) is 39.5 Å². The van der Waals surface area contributed by atoms with Crippen LogP contribution < -0.4 is 0 Å². The molecular weight excluding hydrogens is 330 g/mol. The first-order valence-corrected chi connectivity index (χ1v) is 4.87. The van der Waals surface area contributed by atoms with Gasteiger partial charge in [0.1, 0.15) is 0 Å². The van der Waals surface area contributed by atoms with Crippen LogP contribution in [0.2, 0.25) is 0 Å². The van der Waals surface area contributed by atoms with Crippen molar-refractivity contribution in [1.29, 1.82) is 0 Å². The maximum atomic E-state index is 12.8. The average molecular weight is 336 g/mol. The zero-order valence-corrected chi connectivity index (χ0v) is 9.88. The first-order chi connectivity index (χ1) is 9.13. The molecule has 0 aromatic heterocycles. The molecule has 0 aromatic rings. The average Bonchev–Trinajstić information content (AvgIpc) is 2.26. The summed E-state index contributed by atoms with van der Waals surface area (Å²) in [6.07, 6.45) is -8.01. The number of carbonyl (C=O) groups is 1. The Morgan fingerprint density at radius 1 is 0.952 bits per heavy atom. The summed E-state index contributed by atoms with van der Waals surface area (Å²) in [5, 5.41) is 0. The Labute approximate surface area is 110 Å². The van der Waals surface area contributed by atoms with Crippen LogP contribution in [-0.2, 0) is 9.53 Å². The van der Waals surface area contributed by atoms with Gasteiger partial charge in [0.15, 0.2) is 5.83 Å². The molecule has 0 amide bonds. The molecule has 21 heavy (non-hydrogen) atoms. The molecule has 0 aliphatic carbocycles. The number of esters is 1. The van der Waals surface area contributed by atoms with Gasteiger partial charge in [0.25, 0.3) is 0 Å². The lowest BCUT2D eigenvalue weighted by molar-refractivity contribution is -0.391. The standard InChI is InChI=1S/C9H6F10O2/c1-2-21-5(20)3-4(10)6(11,12)7(13,14)8(15,16)9(17,18)19/h3H,2H2,1H3. The van der Waals surface area contributed by atoms with Crippen LogP contribution in [0.4, 0.5) is 43.9 Å². The highest BCUT2D eigenvalue weighted by atomic mass is 19.4. The summed E-state index contributed by atoms with van der Waals surface area (Å²) >= 11 is 0. The first kappa shape index (κ1) is 19.5. The molecule has 0 atom stereocenters. The van der Waals surface area contributed by atoms with Crippen LogP contribution in [0.15, 0.2) is 11.9 Å². The van der Waals surface area contributed by atoms with Crippen LogP contribution in [0.1, 0.15) is 6.92 Å². The Balaban J connectivity index is 5.73. The van der Waals surface area contributed by atoms with Crippen molar-refractivity contribution in [2.24, 2.45) is 0 Å². The second-order valence-electron chi connectivity index (χ2n) is 3.47. The monoisotopic (exact) mass is 336 g/mol. The molecule has 12 heteroatoms. The predicted octanol–water partition coefficient (Wildman–Crippen LogP) is 3.87. The first-order valence-electron chi connectivity index (χ1n) is 4.87. The maximum Gasteiger partial charge on any atom is 0.460 e. The molecule has 0 rings (SSSR count). The molecule has 0 fully saturated rings. The Morgan fingerprint density at radius 2 is 1.38 bits per heavy atom. The van der Waals surface area contributed by atoms with E-state index in [9.17, 15) is 48.7 Å². The van der Waals surface area contributed by atoms with Gasteiger partial charge < -0.3 is 4.74 Å². The summed E-state index contributed by atoms with van der Waals surface area (Å²) in [4.78, 5) is 10.5. The summed E-state index contributed by atoms with van der Waals surface area (Å²) in [7, 11) is 0. The molecule has 0 aliphatic rings. The van der Waals surface area contributed by atoms with E-state index in [1.54, 1.807) is 0 Å². The Hall–Kier alpha value is -1.49. The fourth-order valence-corrected chi connectivity index (χ4v) is 0.903. The molecule has 0 radical (unpaired) electrons. The molecule has 0 saturated carbocycles. The summed E-state index contributed by atoms with van der Waals surface area (Å²) in [6, 6.07) is 0. The maximum absolute atomic E-state index is 12.8. The van der Waals surface area contributed by atoms with Crippen molar-refractivity contribution in [2.75, 3.05) is 6.61 Å². The molecule has 124 valence electrons. The quantitative estimate of drug-likeness (QED) is 0.433. The molecule has 2 nitrogen and oxygen atoms in total. The van der Waals surface area contributed by atoms with Crippen molar-refractivity contribution in [3.8, 4) is 0 Å². The van der Waals surface area contributed by atoms with Gasteiger partial charge in [-0.3, -0.25) is 0 Å². The Morgan fingerprint density at radius 3 is 1.71 bits per heavy atom.